The summed E-state index contributed by atoms with van der Waals surface area (Å²) in [6.45, 7) is 4.45. The van der Waals surface area contributed by atoms with E-state index >= 15 is 0 Å². The van der Waals surface area contributed by atoms with Crippen molar-refractivity contribution in [3.63, 3.8) is 0 Å². The molecule has 2 aliphatic rings. The molecule has 2 aromatic heterocycles. The van der Waals surface area contributed by atoms with E-state index in [0.29, 0.717) is 31.6 Å². The Hall–Kier alpha value is -2.51. The van der Waals surface area contributed by atoms with Gasteiger partial charge >= 0.3 is 0 Å². The molecule has 2 aromatic rings. The van der Waals surface area contributed by atoms with Gasteiger partial charge in [0.2, 0.25) is 5.91 Å². The van der Waals surface area contributed by atoms with Crippen molar-refractivity contribution in [2.24, 2.45) is 0 Å². The quantitative estimate of drug-likeness (QED) is 0.795. The number of rotatable bonds is 5. The van der Waals surface area contributed by atoms with Crippen LogP contribution in [0.2, 0.25) is 0 Å². The summed E-state index contributed by atoms with van der Waals surface area (Å²) >= 11 is 0. The fourth-order valence-corrected chi connectivity index (χ4v) is 4.60. The Morgan fingerprint density at radius 2 is 2.03 bits per heavy atom. The first-order valence-electron chi connectivity index (χ1n) is 11.3. The van der Waals surface area contributed by atoms with Gasteiger partial charge in [-0.25, -0.2) is 4.98 Å². The number of aromatic nitrogens is 2. The Morgan fingerprint density at radius 1 is 1.23 bits per heavy atom. The van der Waals surface area contributed by atoms with Crippen LogP contribution in [0.4, 0.5) is 5.82 Å². The number of likely N-dealkylation sites (N-methyl/N-ethyl adjacent to an activating group) is 1. The van der Waals surface area contributed by atoms with Gasteiger partial charge in [0, 0.05) is 43.6 Å². The van der Waals surface area contributed by atoms with Gasteiger partial charge in [-0.1, -0.05) is 19.3 Å². The van der Waals surface area contributed by atoms with E-state index in [1.165, 1.54) is 19.3 Å². The maximum absolute atomic E-state index is 12.9. The fraction of sp³-hybridized carbons (Fsp3) is 0.542. The van der Waals surface area contributed by atoms with Crippen LogP contribution in [0.5, 0.6) is 0 Å². The minimum atomic E-state index is -0.151. The van der Waals surface area contributed by atoms with Crippen molar-refractivity contribution in [2.75, 3.05) is 39.0 Å². The number of anilines is 1. The van der Waals surface area contributed by atoms with E-state index in [4.69, 9.17) is 15.5 Å². The number of nitrogen functional groups attached to an aromatic ring is 1. The van der Waals surface area contributed by atoms with E-state index < -0.39 is 0 Å². The third kappa shape index (κ3) is 5.40. The summed E-state index contributed by atoms with van der Waals surface area (Å²) < 4.78 is 6.05. The highest BCUT2D eigenvalue weighted by molar-refractivity contribution is 5.78. The zero-order chi connectivity index (χ0) is 21.8. The van der Waals surface area contributed by atoms with Gasteiger partial charge in [0.05, 0.1) is 18.8 Å². The van der Waals surface area contributed by atoms with Crippen LogP contribution >= 0.6 is 0 Å². The largest absolute Gasteiger partial charge is 0.384 e. The maximum Gasteiger partial charge on any atom is 0.236 e. The monoisotopic (exact) mass is 423 g/mol. The minimum absolute atomic E-state index is 0.151. The molecule has 1 aliphatic carbocycles. The van der Waals surface area contributed by atoms with E-state index in [-0.39, 0.29) is 12.0 Å². The number of aryl methyl sites for hydroxylation is 1. The normalized spacial score (nSPS) is 20.5. The Balaban J connectivity index is 1.43. The third-order valence-corrected chi connectivity index (χ3v) is 6.45. The van der Waals surface area contributed by atoms with E-state index in [0.717, 1.165) is 41.9 Å². The SMILES string of the molecule is Cc1cc(-c2ccc(N)nc2)cc(C2CN(CC(=O)N(C)C3CCCCC3)CCO2)n1. The molecule has 0 aromatic carbocycles. The van der Waals surface area contributed by atoms with Crippen molar-refractivity contribution in [1.82, 2.24) is 19.8 Å². The second-order valence-corrected chi connectivity index (χ2v) is 8.78. The van der Waals surface area contributed by atoms with Gasteiger partial charge in [-0.15, -0.1) is 0 Å². The highest BCUT2D eigenvalue weighted by Crippen LogP contribution is 2.27. The van der Waals surface area contributed by atoms with Gasteiger partial charge in [0.25, 0.3) is 0 Å². The fourth-order valence-electron chi connectivity index (χ4n) is 4.60. The first-order chi connectivity index (χ1) is 15.0. The first kappa shape index (κ1) is 21.7. The van der Waals surface area contributed by atoms with E-state index in [1.807, 2.05) is 31.0 Å². The molecule has 1 aliphatic heterocycles. The van der Waals surface area contributed by atoms with Crippen LogP contribution in [0.1, 0.15) is 49.6 Å². The van der Waals surface area contributed by atoms with Crippen molar-refractivity contribution in [1.29, 1.82) is 0 Å². The van der Waals surface area contributed by atoms with Crippen molar-refractivity contribution in [2.45, 2.75) is 51.2 Å². The van der Waals surface area contributed by atoms with Crippen LogP contribution in [-0.4, -0.2) is 65.0 Å². The molecule has 1 amide bonds. The van der Waals surface area contributed by atoms with Crippen LogP contribution in [-0.2, 0) is 9.53 Å². The molecule has 3 heterocycles. The molecular weight excluding hydrogens is 390 g/mol. The van der Waals surface area contributed by atoms with Crippen LogP contribution in [0.15, 0.2) is 30.5 Å². The second-order valence-electron chi connectivity index (χ2n) is 8.78. The number of pyridine rings is 2. The molecule has 4 rings (SSSR count). The Morgan fingerprint density at radius 3 is 2.77 bits per heavy atom. The number of morpholine rings is 1. The zero-order valence-corrected chi connectivity index (χ0v) is 18.6. The first-order valence-corrected chi connectivity index (χ1v) is 11.3. The minimum Gasteiger partial charge on any atom is -0.384 e. The molecule has 7 heteroatoms. The van der Waals surface area contributed by atoms with Crippen molar-refractivity contribution < 1.29 is 9.53 Å². The molecule has 2 fully saturated rings. The van der Waals surface area contributed by atoms with Gasteiger partial charge < -0.3 is 15.4 Å². The highest BCUT2D eigenvalue weighted by Gasteiger charge is 2.28. The molecule has 0 bridgehead atoms. The lowest BCUT2D eigenvalue weighted by Crippen LogP contribution is -2.47. The summed E-state index contributed by atoms with van der Waals surface area (Å²) in [6.07, 6.45) is 7.64. The number of carbonyl (C=O) groups is 1. The second kappa shape index (κ2) is 9.75. The molecule has 7 nitrogen and oxygen atoms in total. The number of ether oxygens (including phenoxy) is 1. The van der Waals surface area contributed by atoms with Crippen molar-refractivity contribution in [3.05, 3.63) is 41.9 Å². The molecule has 1 saturated heterocycles. The van der Waals surface area contributed by atoms with Gasteiger partial charge in [-0.2, -0.15) is 0 Å². The lowest BCUT2D eigenvalue weighted by Gasteiger charge is -2.36. The number of nitrogens with two attached hydrogens (primary N) is 1. The molecule has 1 unspecified atom stereocenters. The average Bonchev–Trinajstić information content (AvgIpc) is 2.79. The molecule has 1 saturated carbocycles. The van der Waals surface area contributed by atoms with Gasteiger partial charge in [0.1, 0.15) is 11.9 Å². The topological polar surface area (TPSA) is 84.6 Å². The molecule has 1 atom stereocenters. The lowest BCUT2D eigenvalue weighted by molar-refractivity contribution is -0.135. The standard InChI is InChI=1S/C24H33N5O2/c1-17-12-19(18-8-9-23(25)26-14-18)13-21(27-17)22-15-29(10-11-31-22)16-24(30)28(2)20-6-4-3-5-7-20/h8-9,12-14,20,22H,3-7,10-11,15-16H2,1-2H3,(H2,25,26). The number of nitrogens with zero attached hydrogens (tertiary/aromatic N) is 4. The highest BCUT2D eigenvalue weighted by atomic mass is 16.5. The Bertz CT molecular complexity index is 895. The van der Waals surface area contributed by atoms with E-state index in [9.17, 15) is 4.79 Å². The van der Waals surface area contributed by atoms with E-state index in [1.54, 1.807) is 12.3 Å². The van der Waals surface area contributed by atoms with Crippen LogP contribution < -0.4 is 5.73 Å². The predicted octanol–water partition coefficient (Wildman–Crippen LogP) is 3.20. The Labute approximate surface area is 184 Å². The van der Waals surface area contributed by atoms with Gasteiger partial charge in [0.15, 0.2) is 0 Å². The smallest absolute Gasteiger partial charge is 0.236 e. The van der Waals surface area contributed by atoms with Crippen LogP contribution in [0.3, 0.4) is 0 Å². The summed E-state index contributed by atoms with van der Waals surface area (Å²) in [4.78, 5) is 26.0. The van der Waals surface area contributed by atoms with Crippen molar-refractivity contribution in [3.8, 4) is 11.1 Å². The van der Waals surface area contributed by atoms with Gasteiger partial charge in [-0.05, 0) is 49.6 Å². The summed E-state index contributed by atoms with van der Waals surface area (Å²) in [6, 6.07) is 8.27. The summed E-state index contributed by atoms with van der Waals surface area (Å²) in [5, 5.41) is 0. The number of carbonyl (C=O) groups excluding carboxylic acids is 1. The summed E-state index contributed by atoms with van der Waals surface area (Å²) in [5.74, 6) is 0.710. The molecule has 2 N–H and O–H groups in total. The number of hydrogen-bond acceptors (Lipinski definition) is 6. The zero-order valence-electron chi connectivity index (χ0n) is 18.6. The van der Waals surface area contributed by atoms with Crippen LogP contribution in [0, 0.1) is 6.92 Å². The van der Waals surface area contributed by atoms with E-state index in [2.05, 4.69) is 16.0 Å². The molecule has 31 heavy (non-hydrogen) atoms. The third-order valence-electron chi connectivity index (χ3n) is 6.45. The number of hydrogen-bond donors (Lipinski definition) is 1. The maximum atomic E-state index is 12.9. The molecule has 0 radical (unpaired) electrons. The van der Waals surface area contributed by atoms with Crippen LogP contribution in [0.25, 0.3) is 11.1 Å². The van der Waals surface area contributed by atoms with Gasteiger partial charge in [-0.3, -0.25) is 14.7 Å². The lowest BCUT2D eigenvalue weighted by atomic mass is 9.94. The molecule has 166 valence electrons. The summed E-state index contributed by atoms with van der Waals surface area (Å²) in [7, 11) is 1.96. The number of amides is 1. The summed E-state index contributed by atoms with van der Waals surface area (Å²) in [5.41, 5.74) is 9.59. The predicted molar refractivity (Wildman–Crippen MR) is 121 cm³/mol. The van der Waals surface area contributed by atoms with Crippen molar-refractivity contribution >= 4 is 11.7 Å². The molecular formula is C24H33N5O2. The Kier molecular flexibility index (Phi) is 6.83. The average molecular weight is 424 g/mol. The molecule has 0 spiro atoms.